The molecule has 0 radical (unpaired) electrons. The van der Waals surface area contributed by atoms with Gasteiger partial charge >= 0.3 is 6.18 Å². The number of rotatable bonds is 5. The molecule has 1 saturated heterocycles. The first-order valence-corrected chi connectivity index (χ1v) is 9.47. The summed E-state index contributed by atoms with van der Waals surface area (Å²) in [5.41, 5.74) is -0.745. The Bertz CT molecular complexity index is 860. The molecule has 1 aromatic carbocycles. The predicted octanol–water partition coefficient (Wildman–Crippen LogP) is 2.71. The lowest BCUT2D eigenvalue weighted by molar-refractivity contribution is -0.137. The molecular weight excluding hydrogens is 401 g/mol. The molecule has 3 rings (SSSR count). The Kier molecular flexibility index (Phi) is 6.86. The van der Waals surface area contributed by atoms with Gasteiger partial charge in [-0.2, -0.15) is 13.2 Å². The zero-order chi connectivity index (χ0) is 21.6. The molecule has 162 valence electrons. The molecule has 0 bridgehead atoms. The number of benzene rings is 1. The molecule has 1 fully saturated rings. The normalized spacial score (nSPS) is 15.3. The number of carbonyl (C=O) groups excluding carboxylic acids is 1. The highest BCUT2D eigenvalue weighted by atomic mass is 19.4. The van der Waals surface area contributed by atoms with E-state index < -0.39 is 11.7 Å². The highest BCUT2D eigenvalue weighted by molar-refractivity contribution is 5.91. The molecule has 7 nitrogen and oxygen atoms in total. The number of nitrogens with zero attached hydrogens (tertiary/aromatic N) is 3. The Hall–Kier alpha value is -3.17. The lowest BCUT2D eigenvalue weighted by atomic mass is 10.2. The Balaban J connectivity index is 1.43. The summed E-state index contributed by atoms with van der Waals surface area (Å²) < 4.78 is 48.8. The Morgan fingerprint density at radius 3 is 2.53 bits per heavy atom. The third-order valence-electron chi connectivity index (χ3n) is 4.63. The lowest BCUT2D eigenvalue weighted by Gasteiger charge is -2.36. The number of aliphatic imine (C=N–C) groups is 1. The predicted molar refractivity (Wildman–Crippen MR) is 104 cm³/mol. The zero-order valence-electron chi connectivity index (χ0n) is 16.5. The number of ether oxygens (including phenoxy) is 1. The van der Waals surface area contributed by atoms with Crippen LogP contribution in [0.1, 0.15) is 16.1 Å². The summed E-state index contributed by atoms with van der Waals surface area (Å²) in [6.07, 6.45) is -2.93. The topological polar surface area (TPSA) is 70.3 Å². The number of hydrogen-bond donors (Lipinski definition) is 1. The first kappa shape index (κ1) is 21.5. The molecule has 0 unspecified atom stereocenters. The van der Waals surface area contributed by atoms with Crippen LogP contribution >= 0.6 is 0 Å². The van der Waals surface area contributed by atoms with Crippen molar-refractivity contribution in [3.05, 3.63) is 54.0 Å². The Morgan fingerprint density at radius 1 is 1.17 bits per heavy atom. The second-order valence-corrected chi connectivity index (χ2v) is 6.60. The molecule has 0 atom stereocenters. The second kappa shape index (κ2) is 9.55. The van der Waals surface area contributed by atoms with Crippen molar-refractivity contribution in [1.29, 1.82) is 0 Å². The summed E-state index contributed by atoms with van der Waals surface area (Å²) in [5.74, 6) is 0.981. The molecule has 1 N–H and O–H groups in total. The highest BCUT2D eigenvalue weighted by Crippen LogP contribution is 2.31. The fourth-order valence-electron chi connectivity index (χ4n) is 3.10. The quantitative estimate of drug-likeness (QED) is 0.454. The third kappa shape index (κ3) is 5.46. The number of guanidine groups is 1. The van der Waals surface area contributed by atoms with E-state index in [0.717, 1.165) is 12.1 Å². The van der Waals surface area contributed by atoms with E-state index in [2.05, 4.69) is 10.3 Å². The van der Waals surface area contributed by atoms with Gasteiger partial charge in [-0.3, -0.25) is 9.79 Å². The SMILES string of the molecule is CN=C(NCCOc1cccc(C(F)(F)F)c1)N1CCN(C(=O)c2ccco2)CC1. The van der Waals surface area contributed by atoms with Crippen molar-refractivity contribution in [1.82, 2.24) is 15.1 Å². The summed E-state index contributed by atoms with van der Waals surface area (Å²) in [7, 11) is 1.65. The van der Waals surface area contributed by atoms with Crippen LogP contribution in [0.4, 0.5) is 13.2 Å². The number of furan rings is 1. The average molecular weight is 424 g/mol. The number of amides is 1. The average Bonchev–Trinajstić information content (AvgIpc) is 3.28. The minimum Gasteiger partial charge on any atom is -0.492 e. The van der Waals surface area contributed by atoms with Gasteiger partial charge in [-0.05, 0) is 30.3 Å². The van der Waals surface area contributed by atoms with Gasteiger partial charge in [-0.1, -0.05) is 6.07 Å². The van der Waals surface area contributed by atoms with Gasteiger partial charge in [0.25, 0.3) is 5.91 Å². The molecule has 30 heavy (non-hydrogen) atoms. The van der Waals surface area contributed by atoms with Gasteiger partial charge in [-0.25, -0.2) is 0 Å². The zero-order valence-corrected chi connectivity index (χ0v) is 16.5. The monoisotopic (exact) mass is 424 g/mol. The van der Waals surface area contributed by atoms with Crippen LogP contribution in [-0.4, -0.2) is 68.0 Å². The van der Waals surface area contributed by atoms with Crippen LogP contribution in [0, 0.1) is 0 Å². The summed E-state index contributed by atoms with van der Waals surface area (Å²) >= 11 is 0. The fourth-order valence-corrected chi connectivity index (χ4v) is 3.10. The standard InChI is InChI=1S/C20H23F3N4O3/c1-24-19(25-7-13-29-16-5-2-4-15(14-16)20(21,22)23)27-10-8-26(9-11-27)18(28)17-6-3-12-30-17/h2-6,12,14H,7-11,13H2,1H3,(H,24,25). The van der Waals surface area contributed by atoms with Crippen molar-refractivity contribution in [2.24, 2.45) is 4.99 Å². The second-order valence-electron chi connectivity index (χ2n) is 6.60. The third-order valence-corrected chi connectivity index (χ3v) is 4.63. The molecule has 1 aromatic heterocycles. The van der Waals surface area contributed by atoms with E-state index >= 15 is 0 Å². The summed E-state index contributed by atoms with van der Waals surface area (Å²) in [6.45, 7) is 2.80. The molecule has 2 heterocycles. The maximum atomic E-state index is 12.8. The van der Waals surface area contributed by atoms with Gasteiger partial charge in [0, 0.05) is 33.2 Å². The van der Waals surface area contributed by atoms with E-state index in [1.807, 2.05) is 4.90 Å². The van der Waals surface area contributed by atoms with Crippen molar-refractivity contribution in [2.75, 3.05) is 46.4 Å². The van der Waals surface area contributed by atoms with E-state index in [4.69, 9.17) is 9.15 Å². The lowest BCUT2D eigenvalue weighted by Crippen LogP contribution is -2.54. The Labute approximate surface area is 172 Å². The van der Waals surface area contributed by atoms with Crippen LogP contribution in [0.2, 0.25) is 0 Å². The van der Waals surface area contributed by atoms with Gasteiger partial charge in [0.15, 0.2) is 11.7 Å². The van der Waals surface area contributed by atoms with E-state index in [9.17, 15) is 18.0 Å². The molecule has 1 aliphatic rings. The highest BCUT2D eigenvalue weighted by Gasteiger charge is 2.30. The molecule has 1 aliphatic heterocycles. The van der Waals surface area contributed by atoms with Crippen LogP contribution in [0.3, 0.4) is 0 Å². The molecule has 0 saturated carbocycles. The van der Waals surface area contributed by atoms with Crippen molar-refractivity contribution >= 4 is 11.9 Å². The summed E-state index contributed by atoms with van der Waals surface area (Å²) in [5, 5.41) is 3.13. The Morgan fingerprint density at radius 2 is 1.90 bits per heavy atom. The minimum absolute atomic E-state index is 0.142. The number of piperazine rings is 1. The number of hydrogen-bond acceptors (Lipinski definition) is 4. The molecule has 2 aromatic rings. The first-order valence-electron chi connectivity index (χ1n) is 9.47. The maximum Gasteiger partial charge on any atom is 0.416 e. The largest absolute Gasteiger partial charge is 0.492 e. The van der Waals surface area contributed by atoms with Gasteiger partial charge in [0.1, 0.15) is 12.4 Å². The number of halogens is 3. The van der Waals surface area contributed by atoms with E-state index in [0.29, 0.717) is 44.4 Å². The van der Waals surface area contributed by atoms with Crippen LogP contribution in [0.5, 0.6) is 5.75 Å². The minimum atomic E-state index is -4.40. The van der Waals surface area contributed by atoms with Crippen LogP contribution < -0.4 is 10.1 Å². The van der Waals surface area contributed by atoms with Gasteiger partial charge in [-0.15, -0.1) is 0 Å². The van der Waals surface area contributed by atoms with Crippen LogP contribution in [0.15, 0.2) is 52.1 Å². The van der Waals surface area contributed by atoms with Gasteiger partial charge in [0.2, 0.25) is 0 Å². The summed E-state index contributed by atoms with van der Waals surface area (Å²) in [6, 6.07) is 8.09. The number of alkyl halides is 3. The van der Waals surface area contributed by atoms with E-state index in [-0.39, 0.29) is 18.3 Å². The first-order chi connectivity index (χ1) is 14.4. The molecule has 1 amide bonds. The number of nitrogens with one attached hydrogen (secondary N) is 1. The van der Waals surface area contributed by atoms with E-state index in [1.54, 1.807) is 24.1 Å². The smallest absolute Gasteiger partial charge is 0.416 e. The fraction of sp³-hybridized carbons (Fsp3) is 0.400. The van der Waals surface area contributed by atoms with Crippen molar-refractivity contribution in [2.45, 2.75) is 6.18 Å². The van der Waals surface area contributed by atoms with Crippen molar-refractivity contribution in [3.63, 3.8) is 0 Å². The molecule has 10 heteroatoms. The molecular formula is C20H23F3N4O3. The number of carbonyl (C=O) groups is 1. The van der Waals surface area contributed by atoms with E-state index in [1.165, 1.54) is 18.4 Å². The van der Waals surface area contributed by atoms with Gasteiger partial charge < -0.3 is 24.3 Å². The molecule has 0 spiro atoms. The van der Waals surface area contributed by atoms with Crippen LogP contribution in [-0.2, 0) is 6.18 Å². The van der Waals surface area contributed by atoms with Crippen molar-refractivity contribution < 1.29 is 27.1 Å². The van der Waals surface area contributed by atoms with Crippen molar-refractivity contribution in [3.8, 4) is 5.75 Å². The molecule has 0 aliphatic carbocycles. The van der Waals surface area contributed by atoms with Gasteiger partial charge in [0.05, 0.1) is 18.4 Å². The maximum absolute atomic E-state index is 12.8. The summed E-state index contributed by atoms with van der Waals surface area (Å²) in [4.78, 5) is 20.3. The van der Waals surface area contributed by atoms with Crippen LogP contribution in [0.25, 0.3) is 0 Å².